The molecule has 0 spiro atoms. The molecule has 0 unspecified atom stereocenters. The average molecular weight is 419 g/mol. The Hall–Kier alpha value is -4.21. The Kier molecular flexibility index (Phi) is 5.35. The summed E-state index contributed by atoms with van der Waals surface area (Å²) in [6.07, 6.45) is 3.31. The smallest absolute Gasteiger partial charge is 0.262 e. The number of hydrogen-bond acceptors (Lipinski definition) is 7. The molecule has 10 heteroatoms. The van der Waals surface area contributed by atoms with Crippen LogP contribution >= 0.6 is 0 Å². The zero-order chi connectivity index (χ0) is 22.0. The van der Waals surface area contributed by atoms with E-state index in [2.05, 4.69) is 25.6 Å². The molecular formula is C21H21N7O3. The summed E-state index contributed by atoms with van der Waals surface area (Å²) in [4.78, 5) is 16.7. The van der Waals surface area contributed by atoms with Crippen molar-refractivity contribution in [3.05, 3.63) is 65.9 Å². The second-order valence-electron chi connectivity index (χ2n) is 6.82. The lowest BCUT2D eigenvalue weighted by atomic mass is 10.2. The van der Waals surface area contributed by atoms with Crippen molar-refractivity contribution in [3.63, 3.8) is 0 Å². The first-order valence-electron chi connectivity index (χ1n) is 9.46. The highest BCUT2D eigenvalue weighted by molar-refractivity contribution is 6.05. The van der Waals surface area contributed by atoms with Gasteiger partial charge in [-0.25, -0.2) is 4.98 Å². The van der Waals surface area contributed by atoms with Gasteiger partial charge in [0.05, 0.1) is 12.8 Å². The molecule has 0 aliphatic heterocycles. The molecule has 0 aliphatic carbocycles. The maximum absolute atomic E-state index is 12.5. The molecular weight excluding hydrogens is 398 g/mol. The third-order valence-corrected chi connectivity index (χ3v) is 4.69. The average Bonchev–Trinajstić information content (AvgIpc) is 3.32. The topological polar surface area (TPSA) is 109 Å². The van der Waals surface area contributed by atoms with Gasteiger partial charge in [0.25, 0.3) is 5.91 Å². The summed E-state index contributed by atoms with van der Waals surface area (Å²) >= 11 is 0. The first-order valence-corrected chi connectivity index (χ1v) is 9.46. The number of carbonyl (C=O) groups excluding carboxylic acids is 1. The van der Waals surface area contributed by atoms with Crippen LogP contribution in [0.2, 0.25) is 0 Å². The predicted octanol–water partition coefficient (Wildman–Crippen LogP) is 3.07. The van der Waals surface area contributed by atoms with E-state index in [0.29, 0.717) is 28.7 Å². The first-order chi connectivity index (χ1) is 14.9. The van der Waals surface area contributed by atoms with E-state index in [-0.39, 0.29) is 11.8 Å². The van der Waals surface area contributed by atoms with E-state index >= 15 is 0 Å². The quantitative estimate of drug-likeness (QED) is 0.511. The SMILES string of the molecule is COc1nn(C)cc1C(=O)Nc1ccc(Oc2ccc(-n3cnc(C)c3C)nn2)cc1. The zero-order valence-corrected chi connectivity index (χ0v) is 17.5. The number of carbonyl (C=O) groups is 1. The molecule has 3 heterocycles. The van der Waals surface area contributed by atoms with Crippen molar-refractivity contribution in [2.75, 3.05) is 12.4 Å². The monoisotopic (exact) mass is 419 g/mol. The Morgan fingerprint density at radius 3 is 2.45 bits per heavy atom. The molecule has 1 N–H and O–H groups in total. The van der Waals surface area contributed by atoms with Crippen LogP contribution in [-0.4, -0.2) is 42.5 Å². The Labute approximate surface area is 178 Å². The van der Waals surface area contributed by atoms with Gasteiger partial charge in [0, 0.05) is 30.7 Å². The molecule has 4 aromatic rings. The molecule has 0 saturated carbocycles. The number of ether oxygens (including phenoxy) is 2. The molecule has 1 amide bonds. The van der Waals surface area contributed by atoms with Gasteiger partial charge in [-0.1, -0.05) is 0 Å². The molecule has 10 nitrogen and oxygen atoms in total. The molecule has 3 aromatic heterocycles. The van der Waals surface area contributed by atoms with E-state index in [0.717, 1.165) is 11.4 Å². The van der Waals surface area contributed by atoms with Crippen molar-refractivity contribution in [1.29, 1.82) is 0 Å². The fourth-order valence-corrected chi connectivity index (χ4v) is 2.93. The van der Waals surface area contributed by atoms with Crippen LogP contribution in [0.15, 0.2) is 48.9 Å². The second-order valence-corrected chi connectivity index (χ2v) is 6.82. The Balaban J connectivity index is 1.41. The van der Waals surface area contributed by atoms with Crippen molar-refractivity contribution in [2.45, 2.75) is 13.8 Å². The minimum Gasteiger partial charge on any atom is -0.479 e. The lowest BCUT2D eigenvalue weighted by Crippen LogP contribution is -2.12. The third-order valence-electron chi connectivity index (χ3n) is 4.69. The summed E-state index contributed by atoms with van der Waals surface area (Å²) in [5.74, 6) is 1.53. The maximum Gasteiger partial charge on any atom is 0.262 e. The number of benzene rings is 1. The lowest BCUT2D eigenvalue weighted by molar-refractivity contribution is 0.102. The molecule has 0 fully saturated rings. The molecule has 158 valence electrons. The Bertz CT molecular complexity index is 1210. The molecule has 4 rings (SSSR count). The van der Waals surface area contributed by atoms with Crippen LogP contribution in [0.5, 0.6) is 17.5 Å². The van der Waals surface area contributed by atoms with Gasteiger partial charge in [0.1, 0.15) is 17.6 Å². The molecule has 0 bridgehead atoms. The van der Waals surface area contributed by atoms with Crippen molar-refractivity contribution in [1.82, 2.24) is 29.5 Å². The summed E-state index contributed by atoms with van der Waals surface area (Å²) in [5, 5.41) is 15.2. The molecule has 0 atom stereocenters. The summed E-state index contributed by atoms with van der Waals surface area (Å²) in [7, 11) is 3.19. The molecule has 0 saturated heterocycles. The molecule has 0 radical (unpaired) electrons. The highest BCUT2D eigenvalue weighted by Crippen LogP contribution is 2.23. The van der Waals surface area contributed by atoms with Crippen LogP contribution in [0.3, 0.4) is 0 Å². The van der Waals surface area contributed by atoms with Crippen molar-refractivity contribution in [3.8, 4) is 23.3 Å². The van der Waals surface area contributed by atoms with E-state index in [1.54, 1.807) is 49.9 Å². The number of methoxy groups -OCH3 is 1. The number of imidazole rings is 1. The van der Waals surface area contributed by atoms with Gasteiger partial charge in [-0.3, -0.25) is 14.0 Å². The van der Waals surface area contributed by atoms with Gasteiger partial charge in [-0.2, -0.15) is 0 Å². The zero-order valence-electron chi connectivity index (χ0n) is 17.5. The minimum atomic E-state index is -0.315. The fraction of sp³-hybridized carbons (Fsp3) is 0.190. The number of rotatable bonds is 6. The molecule has 0 aliphatic rings. The van der Waals surface area contributed by atoms with Gasteiger partial charge in [-0.05, 0) is 44.2 Å². The van der Waals surface area contributed by atoms with E-state index in [9.17, 15) is 4.79 Å². The summed E-state index contributed by atoms with van der Waals surface area (Å²) < 4.78 is 14.3. The number of aromatic nitrogens is 6. The van der Waals surface area contributed by atoms with Crippen LogP contribution in [0, 0.1) is 13.8 Å². The van der Waals surface area contributed by atoms with Gasteiger partial charge in [0.15, 0.2) is 5.82 Å². The summed E-state index contributed by atoms with van der Waals surface area (Å²) in [5.41, 5.74) is 2.90. The lowest BCUT2D eigenvalue weighted by Gasteiger charge is -2.08. The summed E-state index contributed by atoms with van der Waals surface area (Å²) in [6, 6.07) is 10.5. The van der Waals surface area contributed by atoms with Gasteiger partial charge >= 0.3 is 0 Å². The standard InChI is InChI=1S/C21H21N7O3/c1-13-14(2)28(12-22-13)18-9-10-19(25-24-18)31-16-7-5-15(6-8-16)23-20(29)17-11-27(3)26-21(17)30-4/h5-12H,1-4H3,(H,23,29). The Morgan fingerprint density at radius 2 is 1.84 bits per heavy atom. The second kappa shape index (κ2) is 8.27. The van der Waals surface area contributed by atoms with Crippen LogP contribution in [0.25, 0.3) is 5.82 Å². The normalized spacial score (nSPS) is 10.7. The van der Waals surface area contributed by atoms with Crippen molar-refractivity contribution in [2.24, 2.45) is 7.05 Å². The number of anilines is 1. The van der Waals surface area contributed by atoms with E-state index < -0.39 is 0 Å². The maximum atomic E-state index is 12.5. The summed E-state index contributed by atoms with van der Waals surface area (Å²) in [6.45, 7) is 3.91. The van der Waals surface area contributed by atoms with E-state index in [1.165, 1.54) is 11.8 Å². The number of hydrogen-bond donors (Lipinski definition) is 1. The van der Waals surface area contributed by atoms with Crippen LogP contribution in [0.4, 0.5) is 5.69 Å². The fourth-order valence-electron chi connectivity index (χ4n) is 2.93. The number of nitrogens with zero attached hydrogens (tertiary/aromatic N) is 6. The van der Waals surface area contributed by atoms with E-state index in [1.807, 2.05) is 24.5 Å². The number of amides is 1. The highest BCUT2D eigenvalue weighted by Gasteiger charge is 2.16. The largest absolute Gasteiger partial charge is 0.479 e. The van der Waals surface area contributed by atoms with Crippen LogP contribution in [-0.2, 0) is 7.05 Å². The number of aryl methyl sites for hydroxylation is 2. The van der Waals surface area contributed by atoms with Crippen LogP contribution < -0.4 is 14.8 Å². The predicted molar refractivity (Wildman–Crippen MR) is 113 cm³/mol. The molecule has 31 heavy (non-hydrogen) atoms. The van der Waals surface area contributed by atoms with Gasteiger partial charge in [0.2, 0.25) is 11.8 Å². The molecule has 1 aromatic carbocycles. The number of nitrogens with one attached hydrogen (secondary N) is 1. The van der Waals surface area contributed by atoms with Crippen molar-refractivity contribution >= 4 is 11.6 Å². The first kappa shape index (κ1) is 20.1. The van der Waals surface area contributed by atoms with E-state index in [4.69, 9.17) is 9.47 Å². The van der Waals surface area contributed by atoms with Crippen molar-refractivity contribution < 1.29 is 14.3 Å². The highest BCUT2D eigenvalue weighted by atomic mass is 16.5. The van der Waals surface area contributed by atoms with Gasteiger partial charge in [-0.15, -0.1) is 15.3 Å². The minimum absolute atomic E-state index is 0.267. The van der Waals surface area contributed by atoms with Crippen LogP contribution in [0.1, 0.15) is 21.7 Å². The Morgan fingerprint density at radius 1 is 1.06 bits per heavy atom. The van der Waals surface area contributed by atoms with Gasteiger partial charge < -0.3 is 14.8 Å². The third kappa shape index (κ3) is 4.22.